The molecule has 0 bridgehead atoms. The second kappa shape index (κ2) is 11.2. The number of fused-ring (bicyclic) bond motifs is 1. The van der Waals surface area contributed by atoms with Crippen molar-refractivity contribution in [3.8, 4) is 0 Å². The van der Waals surface area contributed by atoms with Gasteiger partial charge in [0.2, 0.25) is 0 Å². The molecule has 1 unspecified atom stereocenters. The number of amides is 1. The molecule has 3 rings (SSSR count). The minimum absolute atomic E-state index is 0.0740. The van der Waals surface area contributed by atoms with E-state index in [0.29, 0.717) is 16.5 Å². The fraction of sp³-hybridized carbons (Fsp3) is 0.208. The van der Waals surface area contributed by atoms with Gasteiger partial charge in [-0.1, -0.05) is 48.6 Å². The summed E-state index contributed by atoms with van der Waals surface area (Å²) in [6, 6.07) is 11.9. The molecule has 0 saturated carbocycles. The van der Waals surface area contributed by atoms with Crippen LogP contribution in [-0.4, -0.2) is 42.8 Å². The monoisotopic (exact) mass is 515 g/mol. The average molecular weight is 516 g/mol. The summed E-state index contributed by atoms with van der Waals surface area (Å²) in [5, 5.41) is 5.34. The van der Waals surface area contributed by atoms with E-state index in [4.69, 9.17) is 21.7 Å². The highest BCUT2D eigenvalue weighted by Crippen LogP contribution is 2.30. The Morgan fingerprint density at radius 1 is 1.14 bits per heavy atom. The summed E-state index contributed by atoms with van der Waals surface area (Å²) < 4.78 is 38.1. The highest BCUT2D eigenvalue weighted by Gasteiger charge is 2.30. The molecule has 1 aromatic heterocycles. The van der Waals surface area contributed by atoms with Crippen LogP contribution in [-0.2, 0) is 24.3 Å². The molecule has 1 amide bonds. The van der Waals surface area contributed by atoms with Crippen molar-refractivity contribution in [3.63, 3.8) is 0 Å². The van der Waals surface area contributed by atoms with E-state index in [1.807, 2.05) is 6.92 Å². The molecule has 11 heteroatoms. The molecule has 2 aromatic carbocycles. The number of alkyl carbamates (subject to hydrolysis) is 1. The molecule has 0 aliphatic carbocycles. The fourth-order valence-electron chi connectivity index (χ4n) is 3.34. The van der Waals surface area contributed by atoms with E-state index < -0.39 is 28.1 Å². The molecule has 1 atom stereocenters. The smallest absolute Gasteiger partial charge is 0.413 e. The maximum atomic E-state index is 13.5. The number of para-hydroxylation sites is 1. The number of hydrogen-bond acceptors (Lipinski definition) is 7. The van der Waals surface area contributed by atoms with Gasteiger partial charge in [0.05, 0.1) is 17.0 Å². The standard InChI is InChI=1S/C24H25N3O6S2/c1-4-14-33-22(28)21(25-23(34)26-24(29)32-5-2)19-15-27(20-9-7-6-8-18(19)20)35(30,31)17-12-10-16(3)11-13-17/h4,6-13,15,21H,1,5,14H2,2-3H3,(H2,25,26,29,34). The van der Waals surface area contributed by atoms with Gasteiger partial charge in [-0.2, -0.15) is 0 Å². The largest absolute Gasteiger partial charge is 0.460 e. The van der Waals surface area contributed by atoms with Gasteiger partial charge in [0.1, 0.15) is 6.61 Å². The number of hydrogen-bond donors (Lipinski definition) is 2. The fourth-order valence-corrected chi connectivity index (χ4v) is 4.92. The molecule has 9 nitrogen and oxygen atoms in total. The molecule has 3 aromatic rings. The van der Waals surface area contributed by atoms with Crippen molar-refractivity contribution in [2.75, 3.05) is 13.2 Å². The molecule has 0 spiro atoms. The van der Waals surface area contributed by atoms with Crippen molar-refractivity contribution in [1.29, 1.82) is 0 Å². The number of esters is 1. The van der Waals surface area contributed by atoms with Gasteiger partial charge in [-0.3, -0.25) is 5.32 Å². The Hall–Kier alpha value is -3.70. The van der Waals surface area contributed by atoms with E-state index in [2.05, 4.69) is 17.2 Å². The van der Waals surface area contributed by atoms with Gasteiger partial charge in [0.15, 0.2) is 11.2 Å². The van der Waals surface area contributed by atoms with Gasteiger partial charge < -0.3 is 14.8 Å². The number of carbonyl (C=O) groups excluding carboxylic acids is 2. The first-order valence-electron chi connectivity index (χ1n) is 10.6. The number of rotatable bonds is 8. The lowest BCUT2D eigenvalue weighted by Crippen LogP contribution is -2.43. The van der Waals surface area contributed by atoms with Crippen LogP contribution >= 0.6 is 12.2 Å². The van der Waals surface area contributed by atoms with Crippen LogP contribution < -0.4 is 10.6 Å². The molecule has 184 valence electrons. The maximum absolute atomic E-state index is 13.5. The van der Waals surface area contributed by atoms with Crippen LogP contribution in [0.4, 0.5) is 4.79 Å². The Balaban J connectivity index is 2.10. The van der Waals surface area contributed by atoms with Gasteiger partial charge in [0.25, 0.3) is 10.0 Å². The van der Waals surface area contributed by atoms with Crippen molar-refractivity contribution >= 4 is 50.3 Å². The minimum atomic E-state index is -3.99. The zero-order valence-corrected chi connectivity index (χ0v) is 20.8. The molecule has 0 saturated heterocycles. The summed E-state index contributed by atoms with van der Waals surface area (Å²) in [6.07, 6.45) is 1.95. The Morgan fingerprint density at radius 3 is 2.49 bits per heavy atom. The highest BCUT2D eigenvalue weighted by atomic mass is 32.2. The molecule has 2 N–H and O–H groups in total. The summed E-state index contributed by atoms with van der Waals surface area (Å²) in [6.45, 7) is 7.08. The highest BCUT2D eigenvalue weighted by molar-refractivity contribution is 7.90. The van der Waals surface area contributed by atoms with Crippen LogP contribution in [0, 0.1) is 6.92 Å². The normalized spacial score (nSPS) is 11.9. The van der Waals surface area contributed by atoms with Crippen LogP contribution in [0.2, 0.25) is 0 Å². The Bertz CT molecular complexity index is 1360. The summed E-state index contributed by atoms with van der Waals surface area (Å²) in [5.41, 5.74) is 1.56. The topological polar surface area (TPSA) is 116 Å². The molecule has 0 radical (unpaired) electrons. The van der Waals surface area contributed by atoms with Crippen LogP contribution in [0.5, 0.6) is 0 Å². The van der Waals surface area contributed by atoms with Crippen LogP contribution in [0.25, 0.3) is 10.9 Å². The lowest BCUT2D eigenvalue weighted by Gasteiger charge is -2.19. The van der Waals surface area contributed by atoms with E-state index in [9.17, 15) is 18.0 Å². The molecule has 0 fully saturated rings. The van der Waals surface area contributed by atoms with E-state index in [1.54, 1.807) is 43.3 Å². The quantitative estimate of drug-likeness (QED) is 0.266. The summed E-state index contributed by atoms with van der Waals surface area (Å²) >= 11 is 5.17. The predicted octanol–water partition coefficient (Wildman–Crippen LogP) is 3.58. The van der Waals surface area contributed by atoms with Crippen LogP contribution in [0.1, 0.15) is 24.1 Å². The zero-order valence-electron chi connectivity index (χ0n) is 19.2. The second-order valence-electron chi connectivity index (χ2n) is 7.39. The Kier molecular flexibility index (Phi) is 8.26. The third-order valence-electron chi connectivity index (χ3n) is 4.94. The van der Waals surface area contributed by atoms with E-state index >= 15 is 0 Å². The van der Waals surface area contributed by atoms with Gasteiger partial charge in [-0.15, -0.1) is 0 Å². The number of thiocarbonyl (C=S) groups is 1. The van der Waals surface area contributed by atoms with Crippen molar-refractivity contribution in [2.45, 2.75) is 24.8 Å². The van der Waals surface area contributed by atoms with Gasteiger partial charge in [-0.25, -0.2) is 22.0 Å². The second-order valence-corrected chi connectivity index (χ2v) is 9.61. The first kappa shape index (κ1) is 25.9. The summed E-state index contributed by atoms with van der Waals surface area (Å²) in [5.74, 6) is -0.742. The van der Waals surface area contributed by atoms with Crippen molar-refractivity contribution < 1.29 is 27.5 Å². The van der Waals surface area contributed by atoms with E-state index in [-0.39, 0.29) is 23.2 Å². The molecule has 0 aliphatic rings. The predicted molar refractivity (Wildman–Crippen MR) is 135 cm³/mol. The Labute approximate surface area is 208 Å². The third-order valence-corrected chi connectivity index (χ3v) is 6.85. The number of aryl methyl sites for hydroxylation is 1. The van der Waals surface area contributed by atoms with Crippen molar-refractivity contribution in [2.24, 2.45) is 0 Å². The van der Waals surface area contributed by atoms with Gasteiger partial charge in [-0.05, 0) is 44.3 Å². The number of ether oxygens (including phenoxy) is 2. The van der Waals surface area contributed by atoms with Gasteiger partial charge in [0, 0.05) is 17.1 Å². The maximum Gasteiger partial charge on any atom is 0.413 e. The van der Waals surface area contributed by atoms with Crippen LogP contribution in [0.3, 0.4) is 0 Å². The average Bonchev–Trinajstić information content (AvgIpc) is 3.21. The molecular weight excluding hydrogens is 490 g/mol. The molecule has 1 heterocycles. The SMILES string of the molecule is C=CCOC(=O)C(NC(=S)NC(=O)OCC)c1cn(S(=O)(=O)c2ccc(C)cc2)c2ccccc12. The lowest BCUT2D eigenvalue weighted by molar-refractivity contribution is -0.144. The number of nitrogens with zero attached hydrogens (tertiary/aromatic N) is 1. The lowest BCUT2D eigenvalue weighted by atomic mass is 10.1. The number of aromatic nitrogens is 1. The molecule has 35 heavy (non-hydrogen) atoms. The molecule has 0 aliphatic heterocycles. The number of carbonyl (C=O) groups is 2. The first-order valence-corrected chi connectivity index (χ1v) is 12.5. The number of benzene rings is 2. The van der Waals surface area contributed by atoms with Crippen LogP contribution in [0.15, 0.2) is 72.3 Å². The van der Waals surface area contributed by atoms with Crippen molar-refractivity contribution in [3.05, 3.63) is 78.5 Å². The number of nitrogens with one attached hydrogen (secondary N) is 2. The first-order chi connectivity index (χ1) is 16.7. The molecular formula is C24H25N3O6S2. The summed E-state index contributed by atoms with van der Waals surface area (Å²) in [4.78, 5) is 24.8. The zero-order chi connectivity index (χ0) is 25.6. The third kappa shape index (κ3) is 5.87. The minimum Gasteiger partial charge on any atom is -0.460 e. The van der Waals surface area contributed by atoms with E-state index in [0.717, 1.165) is 9.54 Å². The summed E-state index contributed by atoms with van der Waals surface area (Å²) in [7, 11) is -3.99. The Morgan fingerprint density at radius 2 is 1.83 bits per heavy atom. The van der Waals surface area contributed by atoms with E-state index in [1.165, 1.54) is 24.4 Å². The van der Waals surface area contributed by atoms with Gasteiger partial charge >= 0.3 is 12.1 Å². The van der Waals surface area contributed by atoms with Crippen molar-refractivity contribution in [1.82, 2.24) is 14.6 Å².